The Kier molecular flexibility index (Phi) is 19.0. The summed E-state index contributed by atoms with van der Waals surface area (Å²) in [5, 5.41) is 33.4. The van der Waals surface area contributed by atoms with E-state index in [1.165, 1.54) is 66.6 Å². The first-order valence-corrected chi connectivity index (χ1v) is 36.2. The highest BCUT2D eigenvalue weighted by molar-refractivity contribution is 6.09. The van der Waals surface area contributed by atoms with Crippen LogP contribution >= 0.6 is 0 Å². The first-order valence-electron chi connectivity index (χ1n) is 33.8. The number of anilines is 2. The predicted octanol–water partition coefficient (Wildman–Crippen LogP) is 9.94. The smallest absolute Gasteiger partial charge is 0.270 e. The standard InChI is InChI=1S/C84H74N6O4.2ClHO4/c1-81(2)73(29-19-31-75-83(5,51-55-21-11-9-12-22-55)79-65-27-17-15-25-59(65)39-45-69(79)85(75)7)87(71-47-41-61-37-43-63(89(91)92)49-67(61)77(71)81)53-57-33-35-58(36-34-57)54-88-72-48-42-62-38-44-64(90(93)94)50-68(62)78(72)82(3,4)74(88)30-20-32-76-84(6,52-56-23-13-10-14-24-56)80-66-28-18-16-26-60(66)40-46-70(80)86(76)8;2*2-1(3,4)5/h9-50H,51-54H2,1-8H3;2*(H,2,3,4,5)/q+2;;/p-2. The van der Waals surface area contributed by atoms with Crippen LogP contribution in [0.25, 0.3) is 43.1 Å². The SMILES string of the molecule is CN1/C(=C/C=C/C2=[N+](Cc3ccc(C[N+]4=C(/C=C/C=C5/N(C)c6ccc7ccccc7c6C5(C)Cc5ccccc5)C(C)(C)c5c4ccc4ccc([N+](=O)[O-])cc54)cc3)c3ccc4ccc([N+](=O)[O-])cc4c3C2(C)C)C(C)(Cc2ccccc2)c2c1ccc1ccccc21.[O-][Cl+3]([O-])([O-])[O-].[O-][Cl+3]([O-])([O-])[O-]. The minimum Gasteiger partial charge on any atom is -0.347 e. The van der Waals surface area contributed by atoms with Gasteiger partial charge >= 0.3 is 0 Å². The minimum atomic E-state index is -4.94. The Morgan fingerprint density at radius 3 is 1.06 bits per heavy atom. The van der Waals surface area contributed by atoms with Crippen LogP contribution in [-0.2, 0) is 47.6 Å². The number of allylic oxidation sites excluding steroid dienone is 8. The number of nitrogens with zero attached hydrogens (tertiary/aromatic N) is 6. The quantitative estimate of drug-likeness (QED) is 0.0556. The lowest BCUT2D eigenvalue weighted by atomic mass is 9.74. The van der Waals surface area contributed by atoms with Crippen LogP contribution in [-0.4, -0.2) is 44.5 Å². The number of fused-ring (bicyclic) bond motifs is 12. The molecule has 4 heterocycles. The largest absolute Gasteiger partial charge is 0.347 e. The monoisotopic (exact) mass is 1430 g/mol. The van der Waals surface area contributed by atoms with Crippen LogP contribution in [0.2, 0.25) is 0 Å². The van der Waals surface area contributed by atoms with Crippen LogP contribution in [0.15, 0.2) is 266 Å². The zero-order valence-electron chi connectivity index (χ0n) is 58.4. The van der Waals surface area contributed by atoms with Gasteiger partial charge in [-0.1, -0.05) is 158 Å². The maximum Gasteiger partial charge on any atom is 0.270 e. The van der Waals surface area contributed by atoms with E-state index in [2.05, 4.69) is 293 Å². The van der Waals surface area contributed by atoms with E-state index < -0.39 is 31.3 Å². The number of hydrogen-bond acceptors (Lipinski definition) is 14. The highest BCUT2D eigenvalue weighted by Crippen LogP contribution is 2.55. The number of rotatable bonds is 14. The molecule has 0 radical (unpaired) electrons. The van der Waals surface area contributed by atoms with Crippen LogP contribution in [0.4, 0.5) is 34.1 Å². The van der Waals surface area contributed by atoms with Crippen molar-refractivity contribution in [1.82, 2.24) is 0 Å². The molecular weight excluding hydrogens is 1360 g/mol. The van der Waals surface area contributed by atoms with Crippen LogP contribution in [0.5, 0.6) is 0 Å². The van der Waals surface area contributed by atoms with Gasteiger partial charge in [0.15, 0.2) is 24.5 Å². The summed E-state index contributed by atoms with van der Waals surface area (Å²) < 4.78 is 72.8. The number of benzene rings is 11. The molecule has 0 fully saturated rings. The molecule has 15 rings (SSSR count). The fourth-order valence-electron chi connectivity index (χ4n) is 16.7. The first kappa shape index (κ1) is 71.8. The van der Waals surface area contributed by atoms with E-state index in [1.807, 2.05) is 12.1 Å². The van der Waals surface area contributed by atoms with E-state index in [0.29, 0.717) is 13.1 Å². The van der Waals surface area contributed by atoms with Gasteiger partial charge in [0, 0.05) is 118 Å². The molecule has 0 aromatic heterocycles. The third-order valence-electron chi connectivity index (χ3n) is 21.1. The molecule has 2 unspecified atom stereocenters. The Morgan fingerprint density at radius 1 is 0.385 bits per heavy atom. The normalized spacial score (nSPS) is 18.8. The van der Waals surface area contributed by atoms with E-state index in [4.69, 9.17) is 37.3 Å². The Hall–Kier alpha value is -10.6. The summed E-state index contributed by atoms with van der Waals surface area (Å²) in [5.41, 5.74) is 16.8. The summed E-state index contributed by atoms with van der Waals surface area (Å²) in [6.45, 7) is 14.9. The number of nitro benzene ring substituents is 2. The lowest BCUT2D eigenvalue weighted by Crippen LogP contribution is -2.68. The van der Waals surface area contributed by atoms with Crippen molar-refractivity contribution in [3.8, 4) is 0 Å². The Balaban J connectivity index is 0.000000902. The first-order chi connectivity index (χ1) is 49.3. The average Bonchev–Trinajstić information content (AvgIpc) is 1.57. The van der Waals surface area contributed by atoms with Gasteiger partial charge in [-0.3, -0.25) is 20.2 Å². The molecule has 104 heavy (non-hydrogen) atoms. The van der Waals surface area contributed by atoms with Crippen molar-refractivity contribution >= 4 is 88.6 Å². The molecule has 4 aliphatic heterocycles. The molecule has 20 heteroatoms. The third-order valence-corrected chi connectivity index (χ3v) is 21.1. The second-order valence-electron chi connectivity index (χ2n) is 28.3. The molecule has 2 atom stereocenters. The molecule has 0 N–H and O–H groups in total. The maximum absolute atomic E-state index is 12.4. The molecule has 526 valence electrons. The van der Waals surface area contributed by atoms with E-state index >= 15 is 0 Å². The van der Waals surface area contributed by atoms with Crippen molar-refractivity contribution in [2.45, 2.75) is 89.1 Å². The van der Waals surface area contributed by atoms with Gasteiger partial charge in [0.25, 0.3) is 11.4 Å². The molecule has 0 bridgehead atoms. The Morgan fingerprint density at radius 2 is 0.702 bits per heavy atom. The van der Waals surface area contributed by atoms with Gasteiger partial charge in [-0.15, -0.1) is 20.5 Å². The zero-order valence-corrected chi connectivity index (χ0v) is 59.9. The highest BCUT2D eigenvalue weighted by Gasteiger charge is 2.49. The molecule has 0 spiro atoms. The maximum atomic E-state index is 12.4. The zero-order chi connectivity index (χ0) is 74.0. The predicted molar refractivity (Wildman–Crippen MR) is 385 cm³/mol. The number of non-ortho nitro benzene ring substituents is 2. The van der Waals surface area contributed by atoms with Gasteiger partial charge in [0.1, 0.15) is 0 Å². The van der Waals surface area contributed by atoms with Crippen molar-refractivity contribution in [2.24, 2.45) is 0 Å². The molecule has 11 aromatic rings. The topological polar surface area (TPSA) is 283 Å². The Bertz CT molecular complexity index is 5120. The van der Waals surface area contributed by atoms with Crippen molar-refractivity contribution in [3.05, 3.63) is 331 Å². The van der Waals surface area contributed by atoms with Gasteiger partial charge in [-0.2, -0.15) is 9.15 Å². The second kappa shape index (κ2) is 27.6. The van der Waals surface area contributed by atoms with Crippen LogP contribution in [0, 0.1) is 40.7 Å². The van der Waals surface area contributed by atoms with Gasteiger partial charge in [-0.05, 0) is 168 Å². The van der Waals surface area contributed by atoms with E-state index in [1.54, 1.807) is 24.3 Å². The molecular formula is C84H74Cl2N6O12. The van der Waals surface area contributed by atoms with Crippen LogP contribution in [0.3, 0.4) is 0 Å². The van der Waals surface area contributed by atoms with Gasteiger partial charge in [0.2, 0.25) is 11.4 Å². The van der Waals surface area contributed by atoms with Crippen molar-refractivity contribution in [3.63, 3.8) is 0 Å². The molecule has 0 amide bonds. The number of hydrogen-bond donors (Lipinski definition) is 0. The van der Waals surface area contributed by atoms with Crippen LogP contribution < -0.4 is 47.1 Å². The molecule has 4 aliphatic rings. The summed E-state index contributed by atoms with van der Waals surface area (Å²) in [5.74, 6) is 0. The number of halogens is 2. The van der Waals surface area contributed by atoms with Gasteiger partial charge in [0.05, 0.1) is 20.7 Å². The lowest BCUT2D eigenvalue weighted by molar-refractivity contribution is -2.00. The molecule has 0 saturated carbocycles. The van der Waals surface area contributed by atoms with Gasteiger partial charge in [-0.25, -0.2) is 37.3 Å². The number of nitro groups is 2. The average molecular weight is 1430 g/mol. The fraction of sp³-hybridized carbons (Fsp3) is 0.190. The van der Waals surface area contributed by atoms with E-state index in [-0.39, 0.29) is 32.1 Å². The molecule has 0 saturated heterocycles. The van der Waals surface area contributed by atoms with Crippen molar-refractivity contribution in [2.75, 3.05) is 23.9 Å². The van der Waals surface area contributed by atoms with Crippen molar-refractivity contribution in [1.29, 1.82) is 0 Å². The Labute approximate surface area is 606 Å². The summed E-state index contributed by atoms with van der Waals surface area (Å²) >= 11 is 0. The second-order valence-corrected chi connectivity index (χ2v) is 29.8. The molecule has 18 nitrogen and oxygen atoms in total. The molecule has 11 aromatic carbocycles. The minimum absolute atomic E-state index is 0.0658. The highest BCUT2D eigenvalue weighted by atomic mass is 35.7. The summed E-state index contributed by atoms with van der Waals surface area (Å²) in [6, 6.07) is 75.9. The lowest BCUT2D eigenvalue weighted by Gasteiger charge is -2.29. The van der Waals surface area contributed by atoms with Gasteiger partial charge < -0.3 is 9.80 Å². The van der Waals surface area contributed by atoms with E-state index in [9.17, 15) is 20.2 Å². The summed E-state index contributed by atoms with van der Waals surface area (Å²) in [6.07, 6.45) is 15.2. The fourth-order valence-corrected chi connectivity index (χ4v) is 16.7. The third kappa shape index (κ3) is 13.7. The van der Waals surface area contributed by atoms with Crippen LogP contribution in [0.1, 0.15) is 86.1 Å². The number of likely N-dealkylation sites (N-methyl/N-ethyl adjacent to an activating group) is 2. The summed E-state index contributed by atoms with van der Waals surface area (Å²) in [7, 11) is -5.51. The molecule has 0 aliphatic carbocycles. The van der Waals surface area contributed by atoms with E-state index in [0.717, 1.165) is 79.4 Å². The summed E-state index contributed by atoms with van der Waals surface area (Å²) in [4.78, 5) is 28.9. The van der Waals surface area contributed by atoms with Crippen molar-refractivity contribution < 1.29 is 76.8 Å².